The maximum absolute atomic E-state index is 12.3. The van der Waals surface area contributed by atoms with Gasteiger partial charge in [-0.2, -0.15) is 0 Å². The Morgan fingerprint density at radius 2 is 1.02 bits per heavy atom. The fourth-order valence-electron chi connectivity index (χ4n) is 4.35. The van der Waals surface area contributed by atoms with Gasteiger partial charge in [-0.15, -0.1) is 13.2 Å². The van der Waals surface area contributed by atoms with Crippen molar-refractivity contribution in [3.8, 4) is 11.5 Å². The van der Waals surface area contributed by atoms with E-state index >= 15 is 0 Å². The number of benzene rings is 3. The van der Waals surface area contributed by atoms with Crippen molar-refractivity contribution < 1.29 is 38.0 Å². The fraction of sp³-hybridized carbons (Fsp3) is 0.412. The van der Waals surface area contributed by atoms with Crippen LogP contribution in [0.3, 0.4) is 0 Å². The van der Waals surface area contributed by atoms with Crippen molar-refractivity contribution in [1.82, 2.24) is 10.6 Å². The Balaban J connectivity index is 1.90. The highest BCUT2D eigenvalue weighted by Crippen LogP contribution is 2.42. The zero-order chi connectivity index (χ0) is 31.6. The number of fused-ring (bicyclic) bond motifs is 2. The van der Waals surface area contributed by atoms with Crippen LogP contribution in [0.4, 0.5) is 9.59 Å². The summed E-state index contributed by atoms with van der Waals surface area (Å²) in [5.41, 5.74) is 0. The van der Waals surface area contributed by atoms with Gasteiger partial charge >= 0.3 is 12.2 Å². The van der Waals surface area contributed by atoms with Gasteiger partial charge in [-0.1, -0.05) is 74.5 Å². The number of carbonyl (C=O) groups excluding carboxylic acids is 2. The minimum absolute atomic E-state index is 0.0638. The van der Waals surface area contributed by atoms with Crippen LogP contribution >= 0.6 is 0 Å². The molecule has 10 nitrogen and oxygen atoms in total. The first-order valence-corrected chi connectivity index (χ1v) is 15.0. The molecule has 3 rings (SSSR count). The smallest absolute Gasteiger partial charge is 0.407 e. The molecule has 0 radical (unpaired) electrons. The lowest BCUT2D eigenvalue weighted by atomic mass is 10.0. The SMILES string of the molecule is C=CCOCC(COc1c2ccccc2c(OCC(COCC=C)OC(=O)NCCC)c2ccccc12)OC(=O)NCCC. The number of rotatable bonds is 20. The quantitative estimate of drug-likeness (QED) is 0.0890. The molecule has 0 fully saturated rings. The molecular weight excluding hydrogens is 564 g/mol. The standard InChI is InChI=1S/C34H44N2O8/c1-5-17-35-33(37)43-25(21-39-19-7-3)23-41-31-27-13-9-11-15-29(27)32(30-16-12-10-14-28(30)31)42-24-26(22-40-20-8-4)44-34(38)36-18-6-2/h7-16,25-26H,3-6,17-24H2,1-2H3,(H,35,37)(H,36,38). The van der Waals surface area contributed by atoms with Gasteiger partial charge < -0.3 is 39.1 Å². The van der Waals surface area contributed by atoms with E-state index in [0.717, 1.165) is 34.4 Å². The molecule has 0 saturated carbocycles. The first-order valence-electron chi connectivity index (χ1n) is 15.0. The van der Waals surface area contributed by atoms with Gasteiger partial charge in [-0.25, -0.2) is 9.59 Å². The molecule has 238 valence electrons. The molecule has 2 N–H and O–H groups in total. The highest BCUT2D eigenvalue weighted by atomic mass is 16.6. The number of carbonyl (C=O) groups is 2. The molecule has 0 bridgehead atoms. The van der Waals surface area contributed by atoms with E-state index in [1.807, 2.05) is 62.4 Å². The van der Waals surface area contributed by atoms with Crippen LogP contribution in [-0.2, 0) is 18.9 Å². The number of hydrogen-bond donors (Lipinski definition) is 2. The van der Waals surface area contributed by atoms with E-state index in [-0.39, 0.29) is 26.4 Å². The van der Waals surface area contributed by atoms with Crippen molar-refractivity contribution in [3.05, 3.63) is 73.8 Å². The second kappa shape index (κ2) is 19.1. The molecule has 10 heteroatoms. The number of amides is 2. The molecule has 3 aromatic rings. The monoisotopic (exact) mass is 608 g/mol. The minimum Gasteiger partial charge on any atom is -0.488 e. The molecule has 0 saturated heterocycles. The number of alkyl carbamates (subject to hydrolysis) is 2. The van der Waals surface area contributed by atoms with E-state index in [1.54, 1.807) is 12.2 Å². The van der Waals surface area contributed by atoms with Crippen molar-refractivity contribution in [2.75, 3.05) is 52.7 Å². The van der Waals surface area contributed by atoms with E-state index < -0.39 is 24.4 Å². The second-order valence-electron chi connectivity index (χ2n) is 9.93. The predicted molar refractivity (Wildman–Crippen MR) is 172 cm³/mol. The Bertz CT molecular complexity index is 1200. The zero-order valence-electron chi connectivity index (χ0n) is 25.7. The lowest BCUT2D eigenvalue weighted by molar-refractivity contribution is 0.00554. The van der Waals surface area contributed by atoms with Crippen molar-refractivity contribution in [2.24, 2.45) is 0 Å². The molecule has 0 aliphatic carbocycles. The van der Waals surface area contributed by atoms with E-state index in [0.29, 0.717) is 37.8 Å². The van der Waals surface area contributed by atoms with Gasteiger partial charge in [0.1, 0.15) is 24.7 Å². The van der Waals surface area contributed by atoms with E-state index in [9.17, 15) is 9.59 Å². The highest BCUT2D eigenvalue weighted by molar-refractivity contribution is 6.11. The summed E-state index contributed by atoms with van der Waals surface area (Å²) in [5.74, 6) is 1.24. The molecule has 2 atom stereocenters. The average Bonchev–Trinajstić information content (AvgIpc) is 3.04. The molecule has 0 spiro atoms. The highest BCUT2D eigenvalue weighted by Gasteiger charge is 2.22. The number of ether oxygens (including phenoxy) is 6. The molecule has 0 aliphatic rings. The Labute approximate surface area is 259 Å². The first kappa shape index (κ1) is 34.2. The van der Waals surface area contributed by atoms with Gasteiger partial charge in [0.2, 0.25) is 0 Å². The molecule has 2 unspecified atom stereocenters. The van der Waals surface area contributed by atoms with Crippen molar-refractivity contribution >= 4 is 33.7 Å². The maximum Gasteiger partial charge on any atom is 0.407 e. The lowest BCUT2D eigenvalue weighted by Crippen LogP contribution is -2.35. The summed E-state index contributed by atoms with van der Waals surface area (Å²) in [5, 5.41) is 8.68. The summed E-state index contributed by atoms with van der Waals surface area (Å²) in [4.78, 5) is 24.6. The third kappa shape index (κ3) is 10.5. The van der Waals surface area contributed by atoms with E-state index in [4.69, 9.17) is 28.4 Å². The van der Waals surface area contributed by atoms with Crippen LogP contribution in [0, 0.1) is 0 Å². The Morgan fingerprint density at radius 3 is 1.34 bits per heavy atom. The molecule has 0 aromatic heterocycles. The number of hydrogen-bond acceptors (Lipinski definition) is 8. The Kier molecular flexibility index (Phi) is 14.8. The van der Waals surface area contributed by atoms with Crippen LogP contribution in [0.1, 0.15) is 26.7 Å². The molecule has 3 aromatic carbocycles. The van der Waals surface area contributed by atoms with Gasteiger partial charge in [0.15, 0.2) is 12.2 Å². The van der Waals surface area contributed by atoms with Gasteiger partial charge in [0, 0.05) is 34.6 Å². The fourth-order valence-corrected chi connectivity index (χ4v) is 4.35. The summed E-state index contributed by atoms with van der Waals surface area (Å²) < 4.78 is 35.2. The normalized spacial score (nSPS) is 12.2. The van der Waals surface area contributed by atoms with Crippen molar-refractivity contribution in [3.63, 3.8) is 0 Å². The van der Waals surface area contributed by atoms with Crippen molar-refractivity contribution in [1.29, 1.82) is 0 Å². The number of nitrogens with one attached hydrogen (secondary N) is 2. The van der Waals surface area contributed by atoms with Crippen molar-refractivity contribution in [2.45, 2.75) is 38.9 Å². The van der Waals surface area contributed by atoms with E-state index in [1.165, 1.54) is 0 Å². The molecular formula is C34H44N2O8. The Hall–Kier alpha value is -4.28. The molecule has 2 amide bonds. The average molecular weight is 609 g/mol. The van der Waals surface area contributed by atoms with Crippen LogP contribution in [0.25, 0.3) is 21.5 Å². The molecule has 0 aliphatic heterocycles. The van der Waals surface area contributed by atoms with Gasteiger partial charge in [-0.3, -0.25) is 0 Å². The van der Waals surface area contributed by atoms with Crippen LogP contribution < -0.4 is 20.1 Å². The lowest BCUT2D eigenvalue weighted by Gasteiger charge is -2.23. The van der Waals surface area contributed by atoms with E-state index in [2.05, 4.69) is 23.8 Å². The summed E-state index contributed by atoms with van der Waals surface area (Å²) in [6.07, 6.45) is 2.46. The van der Waals surface area contributed by atoms with Crippen LogP contribution in [0.15, 0.2) is 73.8 Å². The maximum atomic E-state index is 12.3. The molecule has 44 heavy (non-hydrogen) atoms. The third-order valence-corrected chi connectivity index (χ3v) is 6.32. The van der Waals surface area contributed by atoms with Gasteiger partial charge in [0.25, 0.3) is 0 Å². The predicted octanol–water partition coefficient (Wildman–Crippen LogP) is 6.17. The minimum atomic E-state index is -0.660. The summed E-state index contributed by atoms with van der Waals surface area (Å²) in [6, 6.07) is 15.5. The van der Waals surface area contributed by atoms with Crippen LogP contribution in [0.5, 0.6) is 11.5 Å². The van der Waals surface area contributed by atoms with Gasteiger partial charge in [0.05, 0.1) is 26.4 Å². The zero-order valence-corrected chi connectivity index (χ0v) is 25.7. The first-order chi connectivity index (χ1) is 21.5. The summed E-state index contributed by atoms with van der Waals surface area (Å²) in [7, 11) is 0. The van der Waals surface area contributed by atoms with Crippen LogP contribution in [-0.4, -0.2) is 77.1 Å². The van der Waals surface area contributed by atoms with Gasteiger partial charge in [-0.05, 0) is 12.8 Å². The van der Waals surface area contributed by atoms with Crippen LogP contribution in [0.2, 0.25) is 0 Å². The second-order valence-corrected chi connectivity index (χ2v) is 9.93. The molecule has 0 heterocycles. The third-order valence-electron chi connectivity index (χ3n) is 6.32. The topological polar surface area (TPSA) is 114 Å². The summed E-state index contributed by atoms with van der Waals surface area (Å²) >= 11 is 0. The Morgan fingerprint density at radius 1 is 0.659 bits per heavy atom. The largest absolute Gasteiger partial charge is 0.488 e. The summed E-state index contributed by atoms with van der Waals surface area (Å²) in [6.45, 7) is 13.3.